The van der Waals surface area contributed by atoms with Gasteiger partial charge in [0.25, 0.3) is 0 Å². The van der Waals surface area contributed by atoms with Gasteiger partial charge in [0.05, 0.1) is 10.6 Å². The maximum atomic E-state index is 5.75. The summed E-state index contributed by atoms with van der Waals surface area (Å²) in [7, 11) is 0. The van der Waals surface area contributed by atoms with Gasteiger partial charge in [0.1, 0.15) is 0 Å². The Kier molecular flexibility index (Phi) is 3.92. The molecule has 0 N–H and O–H groups in total. The first kappa shape index (κ1) is 12.3. The van der Waals surface area contributed by atoms with Gasteiger partial charge in [0.15, 0.2) is 4.47 Å². The summed E-state index contributed by atoms with van der Waals surface area (Å²) in [5, 5.41) is 0. The van der Waals surface area contributed by atoms with E-state index in [2.05, 4.69) is 36.0 Å². The molecule has 17 heavy (non-hydrogen) atoms. The summed E-state index contributed by atoms with van der Waals surface area (Å²) >= 11 is 7.18. The Balaban J connectivity index is 2.18. The molecule has 0 aliphatic rings. The number of rotatable bonds is 3. The molecule has 88 valence electrons. The van der Waals surface area contributed by atoms with E-state index in [9.17, 15) is 0 Å². The van der Waals surface area contributed by atoms with Crippen molar-refractivity contribution in [1.82, 2.24) is 4.98 Å². The van der Waals surface area contributed by atoms with Crippen LogP contribution in [0.2, 0.25) is 4.47 Å². The molecule has 0 bridgehead atoms. The minimum Gasteiger partial charge on any atom is -0.255 e. The molecule has 0 spiro atoms. The van der Waals surface area contributed by atoms with Crippen molar-refractivity contribution in [2.75, 3.05) is 0 Å². The minimum atomic E-state index is 0.517. The zero-order chi connectivity index (χ0) is 12.3. The van der Waals surface area contributed by atoms with E-state index >= 15 is 0 Å². The number of nitrogens with zero attached hydrogens (tertiary/aromatic N) is 2. The van der Waals surface area contributed by atoms with Crippen LogP contribution in [0, 0.1) is 0 Å². The highest BCUT2D eigenvalue weighted by Crippen LogP contribution is 2.21. The van der Waals surface area contributed by atoms with Gasteiger partial charge in [-0.2, -0.15) is 0 Å². The number of aliphatic imine (C=N–C) groups is 1. The van der Waals surface area contributed by atoms with Crippen molar-refractivity contribution < 1.29 is 0 Å². The van der Waals surface area contributed by atoms with Crippen molar-refractivity contribution in [3.8, 4) is 0 Å². The number of hydrogen-bond donors (Lipinski definition) is 0. The average Bonchev–Trinajstić information content (AvgIpc) is 2.73. The number of thiazole rings is 1. The Morgan fingerprint density at radius 1 is 1.41 bits per heavy atom. The van der Waals surface area contributed by atoms with Crippen LogP contribution in [0.25, 0.3) is 0 Å². The lowest BCUT2D eigenvalue weighted by molar-refractivity contribution is 0.867. The number of halogens is 1. The largest absolute Gasteiger partial charge is 0.255 e. The van der Waals surface area contributed by atoms with E-state index in [-0.39, 0.29) is 0 Å². The van der Waals surface area contributed by atoms with E-state index in [0.29, 0.717) is 10.4 Å². The van der Waals surface area contributed by atoms with Gasteiger partial charge in [-0.05, 0) is 23.6 Å². The van der Waals surface area contributed by atoms with E-state index in [1.54, 1.807) is 12.4 Å². The second-order valence-corrected chi connectivity index (χ2v) is 5.67. The van der Waals surface area contributed by atoms with E-state index in [1.165, 1.54) is 16.9 Å². The molecule has 0 amide bonds. The van der Waals surface area contributed by atoms with Gasteiger partial charge in [0, 0.05) is 12.4 Å². The number of benzene rings is 1. The van der Waals surface area contributed by atoms with Crippen LogP contribution in [0.5, 0.6) is 0 Å². The summed E-state index contributed by atoms with van der Waals surface area (Å²) < 4.78 is 0.544. The van der Waals surface area contributed by atoms with Crippen molar-refractivity contribution in [1.29, 1.82) is 0 Å². The Morgan fingerprint density at radius 3 is 2.88 bits per heavy atom. The number of aromatic nitrogens is 1. The molecular weight excluding hydrogens is 252 g/mol. The highest BCUT2D eigenvalue weighted by atomic mass is 35.5. The minimum absolute atomic E-state index is 0.517. The Bertz CT molecular complexity index is 532. The Hall–Kier alpha value is -1.19. The highest BCUT2D eigenvalue weighted by molar-refractivity contribution is 7.17. The van der Waals surface area contributed by atoms with Crippen LogP contribution in [0.1, 0.15) is 30.2 Å². The van der Waals surface area contributed by atoms with Gasteiger partial charge in [-0.25, -0.2) is 4.98 Å². The second-order valence-electron chi connectivity index (χ2n) is 4.02. The second kappa shape index (κ2) is 5.43. The maximum Gasteiger partial charge on any atom is 0.184 e. The summed E-state index contributed by atoms with van der Waals surface area (Å²) in [5.41, 5.74) is 2.25. The van der Waals surface area contributed by atoms with E-state index in [4.69, 9.17) is 11.6 Å². The van der Waals surface area contributed by atoms with Crippen LogP contribution in [0.3, 0.4) is 0 Å². The van der Waals surface area contributed by atoms with Gasteiger partial charge >= 0.3 is 0 Å². The van der Waals surface area contributed by atoms with Gasteiger partial charge in [-0.15, -0.1) is 11.3 Å². The Labute approximate surface area is 110 Å². The fraction of sp³-hybridized carbons (Fsp3) is 0.231. The van der Waals surface area contributed by atoms with Crippen LogP contribution in [0.4, 0.5) is 5.69 Å². The molecule has 4 heteroatoms. The van der Waals surface area contributed by atoms with Crippen LogP contribution in [-0.2, 0) is 0 Å². The average molecular weight is 265 g/mol. The van der Waals surface area contributed by atoms with Crippen molar-refractivity contribution in [3.05, 3.63) is 45.4 Å². The summed E-state index contributed by atoms with van der Waals surface area (Å²) in [6, 6.07) is 8.24. The molecule has 0 saturated heterocycles. The zero-order valence-electron chi connectivity index (χ0n) is 9.72. The zero-order valence-corrected chi connectivity index (χ0v) is 11.3. The molecule has 0 atom stereocenters. The molecule has 2 rings (SSSR count). The molecule has 0 radical (unpaired) electrons. The quantitative estimate of drug-likeness (QED) is 0.740. The molecule has 2 nitrogen and oxygen atoms in total. The lowest BCUT2D eigenvalue weighted by Crippen LogP contribution is -1.85. The smallest absolute Gasteiger partial charge is 0.184 e. The Morgan fingerprint density at radius 2 is 2.24 bits per heavy atom. The molecule has 1 heterocycles. The van der Waals surface area contributed by atoms with Crippen LogP contribution in [0.15, 0.2) is 35.5 Å². The lowest BCUT2D eigenvalue weighted by atomic mass is 10.0. The van der Waals surface area contributed by atoms with Gasteiger partial charge in [-0.3, -0.25) is 4.99 Å². The first-order valence-corrected chi connectivity index (χ1v) is 6.60. The molecule has 1 aromatic heterocycles. The molecule has 0 aliphatic heterocycles. The van der Waals surface area contributed by atoms with Gasteiger partial charge in [-0.1, -0.05) is 37.6 Å². The number of hydrogen-bond acceptors (Lipinski definition) is 3. The topological polar surface area (TPSA) is 25.2 Å². The molecule has 0 saturated carbocycles. The monoisotopic (exact) mass is 264 g/mol. The predicted octanol–water partition coefficient (Wildman–Crippen LogP) is 4.67. The van der Waals surface area contributed by atoms with E-state index < -0.39 is 0 Å². The summed E-state index contributed by atoms with van der Waals surface area (Å²) in [6.07, 6.45) is 3.52. The molecule has 0 aliphatic carbocycles. The van der Waals surface area contributed by atoms with Crippen molar-refractivity contribution in [2.45, 2.75) is 19.8 Å². The molecule has 2 aromatic rings. The fourth-order valence-corrected chi connectivity index (χ4v) is 2.25. The third-order valence-corrected chi connectivity index (χ3v) is 3.42. The molecule has 1 aromatic carbocycles. The normalized spacial score (nSPS) is 11.5. The first-order chi connectivity index (χ1) is 8.15. The van der Waals surface area contributed by atoms with E-state index in [0.717, 1.165) is 10.6 Å². The first-order valence-electron chi connectivity index (χ1n) is 5.40. The standard InChI is InChI=1S/C13H13ClN2S/c1-9(2)10-4-3-5-11(6-10)15-7-12-8-16-13(14)17-12/h3-9H,1-2H3/b15-7+. The van der Waals surface area contributed by atoms with Gasteiger partial charge in [0.2, 0.25) is 0 Å². The lowest BCUT2D eigenvalue weighted by Gasteiger charge is -2.04. The maximum absolute atomic E-state index is 5.75. The van der Waals surface area contributed by atoms with Crippen molar-refractivity contribution >= 4 is 34.8 Å². The van der Waals surface area contributed by atoms with Crippen LogP contribution < -0.4 is 0 Å². The van der Waals surface area contributed by atoms with Crippen molar-refractivity contribution in [3.63, 3.8) is 0 Å². The molecular formula is C13H13ClN2S. The van der Waals surface area contributed by atoms with Gasteiger partial charge < -0.3 is 0 Å². The summed E-state index contributed by atoms with van der Waals surface area (Å²) in [4.78, 5) is 9.35. The SMILES string of the molecule is CC(C)c1cccc(/N=C/c2cnc(Cl)s2)c1. The molecule has 0 fully saturated rings. The van der Waals surface area contributed by atoms with Crippen molar-refractivity contribution in [2.24, 2.45) is 4.99 Å². The summed E-state index contributed by atoms with van der Waals surface area (Å²) in [6.45, 7) is 4.34. The van der Waals surface area contributed by atoms with Crippen LogP contribution >= 0.6 is 22.9 Å². The fourth-order valence-electron chi connectivity index (χ4n) is 1.43. The third kappa shape index (κ3) is 3.38. The summed E-state index contributed by atoms with van der Waals surface area (Å²) in [5.74, 6) is 0.517. The predicted molar refractivity (Wildman–Crippen MR) is 74.9 cm³/mol. The molecule has 0 unspecified atom stereocenters. The third-order valence-electron chi connectivity index (χ3n) is 2.37. The highest BCUT2D eigenvalue weighted by Gasteiger charge is 1.99. The van der Waals surface area contributed by atoms with Crippen LogP contribution in [-0.4, -0.2) is 11.2 Å². The van der Waals surface area contributed by atoms with E-state index in [1.807, 2.05) is 12.1 Å².